The molecule has 3 atom stereocenters. The Morgan fingerprint density at radius 2 is 1.79 bits per heavy atom. The third-order valence-corrected chi connectivity index (χ3v) is 2.87. The molecule has 0 saturated heterocycles. The van der Waals surface area contributed by atoms with E-state index in [2.05, 4.69) is 26.1 Å². The van der Waals surface area contributed by atoms with E-state index in [1.807, 2.05) is 6.92 Å². The molecule has 86 valence electrons. The topological polar surface area (TPSA) is 32.3 Å². The summed E-state index contributed by atoms with van der Waals surface area (Å²) in [6, 6.07) is 0.628. The molecule has 0 radical (unpaired) electrons. The zero-order valence-corrected chi connectivity index (χ0v) is 10.2. The van der Waals surface area contributed by atoms with Gasteiger partial charge in [0.25, 0.3) is 0 Å². The average molecular weight is 201 g/mol. The summed E-state index contributed by atoms with van der Waals surface area (Å²) in [5, 5.41) is 12.6. The molecule has 0 aliphatic heterocycles. The Balaban J connectivity index is 3.57. The molecule has 0 rings (SSSR count). The van der Waals surface area contributed by atoms with Crippen LogP contribution >= 0.6 is 0 Å². The van der Waals surface area contributed by atoms with Crippen molar-refractivity contribution in [2.24, 2.45) is 5.92 Å². The van der Waals surface area contributed by atoms with Crippen molar-refractivity contribution < 1.29 is 5.11 Å². The molecular weight excluding hydrogens is 174 g/mol. The van der Waals surface area contributed by atoms with Crippen LogP contribution in [0.2, 0.25) is 0 Å². The summed E-state index contributed by atoms with van der Waals surface area (Å²) in [5.41, 5.74) is 0. The Morgan fingerprint density at radius 1 is 1.14 bits per heavy atom. The SMILES string of the molecule is CC[C@H](C)C[C@H](CC)NCC[C@H](C)O. The molecule has 0 fully saturated rings. The molecule has 0 bridgehead atoms. The molecule has 0 unspecified atom stereocenters. The lowest BCUT2D eigenvalue weighted by atomic mass is 9.98. The zero-order chi connectivity index (χ0) is 11.0. The van der Waals surface area contributed by atoms with E-state index < -0.39 is 0 Å². The van der Waals surface area contributed by atoms with E-state index in [1.54, 1.807) is 0 Å². The summed E-state index contributed by atoms with van der Waals surface area (Å²) < 4.78 is 0. The van der Waals surface area contributed by atoms with Gasteiger partial charge in [-0.25, -0.2) is 0 Å². The van der Waals surface area contributed by atoms with E-state index in [9.17, 15) is 0 Å². The quantitative estimate of drug-likeness (QED) is 0.632. The Kier molecular flexibility index (Phi) is 8.20. The number of aliphatic hydroxyl groups excluding tert-OH is 1. The second-order valence-corrected chi connectivity index (χ2v) is 4.45. The fraction of sp³-hybridized carbons (Fsp3) is 1.00. The largest absolute Gasteiger partial charge is 0.393 e. The number of nitrogens with one attached hydrogen (secondary N) is 1. The van der Waals surface area contributed by atoms with Gasteiger partial charge in [-0.15, -0.1) is 0 Å². The fourth-order valence-corrected chi connectivity index (χ4v) is 1.54. The van der Waals surface area contributed by atoms with Crippen molar-refractivity contribution in [3.8, 4) is 0 Å². The van der Waals surface area contributed by atoms with E-state index in [0.717, 1.165) is 18.9 Å². The van der Waals surface area contributed by atoms with Crippen molar-refractivity contribution in [1.82, 2.24) is 5.32 Å². The second kappa shape index (κ2) is 8.25. The summed E-state index contributed by atoms with van der Waals surface area (Å²) in [7, 11) is 0. The van der Waals surface area contributed by atoms with Crippen LogP contribution < -0.4 is 5.32 Å². The summed E-state index contributed by atoms with van der Waals surface area (Å²) >= 11 is 0. The first-order valence-electron chi connectivity index (χ1n) is 6.01. The second-order valence-electron chi connectivity index (χ2n) is 4.45. The van der Waals surface area contributed by atoms with Gasteiger partial charge in [0.1, 0.15) is 0 Å². The van der Waals surface area contributed by atoms with E-state index in [1.165, 1.54) is 19.3 Å². The van der Waals surface area contributed by atoms with Crippen molar-refractivity contribution in [2.75, 3.05) is 6.54 Å². The Labute approximate surface area is 89.1 Å². The smallest absolute Gasteiger partial charge is 0.0524 e. The first kappa shape index (κ1) is 13.9. The van der Waals surface area contributed by atoms with Crippen LogP contribution in [-0.4, -0.2) is 23.8 Å². The molecule has 14 heavy (non-hydrogen) atoms. The molecule has 0 aliphatic carbocycles. The molecule has 0 saturated carbocycles. The molecule has 0 aromatic heterocycles. The minimum Gasteiger partial charge on any atom is -0.393 e. The Bertz CT molecular complexity index is 125. The summed E-state index contributed by atoms with van der Waals surface area (Å²) in [6.45, 7) is 9.55. The van der Waals surface area contributed by atoms with Gasteiger partial charge >= 0.3 is 0 Å². The number of aliphatic hydroxyl groups is 1. The standard InChI is InChI=1S/C12H27NO/c1-5-10(3)9-12(6-2)13-8-7-11(4)14/h10-14H,5-9H2,1-4H3/t10-,11-,12-/m0/s1. The first-order chi connectivity index (χ1) is 6.60. The molecule has 0 aromatic carbocycles. The predicted molar refractivity (Wildman–Crippen MR) is 62.5 cm³/mol. The van der Waals surface area contributed by atoms with Crippen LogP contribution in [0.25, 0.3) is 0 Å². The third-order valence-electron chi connectivity index (χ3n) is 2.87. The summed E-state index contributed by atoms with van der Waals surface area (Å²) in [5.74, 6) is 0.805. The van der Waals surface area contributed by atoms with Crippen LogP contribution in [0.15, 0.2) is 0 Å². The van der Waals surface area contributed by atoms with Crippen molar-refractivity contribution >= 4 is 0 Å². The van der Waals surface area contributed by atoms with Crippen molar-refractivity contribution in [3.63, 3.8) is 0 Å². The highest BCUT2D eigenvalue weighted by molar-refractivity contribution is 4.68. The van der Waals surface area contributed by atoms with E-state index in [0.29, 0.717) is 6.04 Å². The van der Waals surface area contributed by atoms with Gasteiger partial charge < -0.3 is 10.4 Å². The van der Waals surface area contributed by atoms with Gasteiger partial charge in [0.05, 0.1) is 6.10 Å². The average Bonchev–Trinajstić information content (AvgIpc) is 2.15. The van der Waals surface area contributed by atoms with Crippen molar-refractivity contribution in [3.05, 3.63) is 0 Å². The monoisotopic (exact) mass is 201 g/mol. The molecular formula is C12H27NO. The summed E-state index contributed by atoms with van der Waals surface area (Å²) in [6.07, 6.45) is 4.38. The Hall–Kier alpha value is -0.0800. The molecule has 2 nitrogen and oxygen atoms in total. The van der Waals surface area contributed by atoms with Crippen LogP contribution in [-0.2, 0) is 0 Å². The van der Waals surface area contributed by atoms with Crippen LogP contribution in [0.4, 0.5) is 0 Å². The normalized spacial score (nSPS) is 17.8. The van der Waals surface area contributed by atoms with Crippen LogP contribution in [0.3, 0.4) is 0 Å². The van der Waals surface area contributed by atoms with Gasteiger partial charge in [-0.05, 0) is 38.6 Å². The molecule has 2 N–H and O–H groups in total. The van der Waals surface area contributed by atoms with Gasteiger partial charge in [0.2, 0.25) is 0 Å². The van der Waals surface area contributed by atoms with Gasteiger partial charge in [-0.1, -0.05) is 27.2 Å². The Morgan fingerprint density at radius 3 is 2.21 bits per heavy atom. The number of rotatable bonds is 8. The van der Waals surface area contributed by atoms with Crippen molar-refractivity contribution in [2.45, 2.75) is 65.5 Å². The minimum atomic E-state index is -0.177. The predicted octanol–water partition coefficient (Wildman–Crippen LogP) is 2.56. The van der Waals surface area contributed by atoms with Gasteiger partial charge in [-0.3, -0.25) is 0 Å². The lowest BCUT2D eigenvalue weighted by Gasteiger charge is -2.20. The molecule has 2 heteroatoms. The highest BCUT2D eigenvalue weighted by Gasteiger charge is 2.09. The maximum Gasteiger partial charge on any atom is 0.0524 e. The zero-order valence-electron chi connectivity index (χ0n) is 10.2. The molecule has 0 aliphatic rings. The van der Waals surface area contributed by atoms with E-state index in [4.69, 9.17) is 5.11 Å². The first-order valence-corrected chi connectivity index (χ1v) is 6.01. The molecule has 0 amide bonds. The lowest BCUT2D eigenvalue weighted by Crippen LogP contribution is -2.32. The van der Waals surface area contributed by atoms with Crippen LogP contribution in [0.5, 0.6) is 0 Å². The van der Waals surface area contributed by atoms with Gasteiger partial charge in [0.15, 0.2) is 0 Å². The molecule has 0 spiro atoms. The highest BCUT2D eigenvalue weighted by atomic mass is 16.3. The number of hydrogen-bond acceptors (Lipinski definition) is 2. The fourth-order valence-electron chi connectivity index (χ4n) is 1.54. The van der Waals surface area contributed by atoms with Gasteiger partial charge in [-0.2, -0.15) is 0 Å². The third kappa shape index (κ3) is 7.34. The highest BCUT2D eigenvalue weighted by Crippen LogP contribution is 2.11. The van der Waals surface area contributed by atoms with E-state index >= 15 is 0 Å². The summed E-state index contributed by atoms with van der Waals surface area (Å²) in [4.78, 5) is 0. The molecule has 0 aromatic rings. The molecule has 0 heterocycles. The van der Waals surface area contributed by atoms with Gasteiger partial charge in [0, 0.05) is 6.04 Å². The minimum absolute atomic E-state index is 0.177. The van der Waals surface area contributed by atoms with E-state index in [-0.39, 0.29) is 6.10 Å². The number of hydrogen-bond donors (Lipinski definition) is 2. The maximum atomic E-state index is 9.13. The van der Waals surface area contributed by atoms with Crippen LogP contribution in [0.1, 0.15) is 53.4 Å². The maximum absolute atomic E-state index is 9.13. The van der Waals surface area contributed by atoms with Crippen molar-refractivity contribution in [1.29, 1.82) is 0 Å². The lowest BCUT2D eigenvalue weighted by molar-refractivity contribution is 0.181. The van der Waals surface area contributed by atoms with Crippen LogP contribution in [0, 0.1) is 5.92 Å².